The van der Waals surface area contributed by atoms with E-state index in [4.69, 9.17) is 5.10 Å². The van der Waals surface area contributed by atoms with Gasteiger partial charge in [-0.3, -0.25) is 9.59 Å². The number of benzene rings is 3. The second-order valence-corrected chi connectivity index (χ2v) is 8.56. The van der Waals surface area contributed by atoms with Gasteiger partial charge in [-0.2, -0.15) is 5.10 Å². The van der Waals surface area contributed by atoms with E-state index in [1.807, 2.05) is 73.7 Å². The molecule has 6 nitrogen and oxygen atoms in total. The summed E-state index contributed by atoms with van der Waals surface area (Å²) in [5.74, 6) is 0.0887. The molecule has 2 amide bonds. The van der Waals surface area contributed by atoms with Crippen molar-refractivity contribution >= 4 is 35.0 Å². The summed E-state index contributed by atoms with van der Waals surface area (Å²) in [5, 5.41) is 10.5. The van der Waals surface area contributed by atoms with Gasteiger partial charge in [-0.05, 0) is 37.3 Å². The molecule has 5 rings (SSSR count). The van der Waals surface area contributed by atoms with E-state index in [1.54, 1.807) is 16.9 Å². The van der Waals surface area contributed by atoms with Crippen molar-refractivity contribution in [1.29, 1.82) is 0 Å². The maximum absolute atomic E-state index is 13.3. The van der Waals surface area contributed by atoms with Crippen LogP contribution in [0.5, 0.6) is 0 Å². The summed E-state index contributed by atoms with van der Waals surface area (Å²) < 4.78 is 1.72. The van der Waals surface area contributed by atoms with Crippen LogP contribution in [0.4, 0.5) is 11.4 Å². The minimum Gasteiger partial charge on any atom is -0.324 e. The predicted octanol–water partition coefficient (Wildman–Crippen LogP) is 5.14. The lowest BCUT2D eigenvalue weighted by atomic mass is 10.1. The van der Waals surface area contributed by atoms with Crippen LogP contribution in [0.1, 0.15) is 15.9 Å². The number of fused-ring (bicyclic) bond motifs is 1. The number of hydrogen-bond acceptors (Lipinski definition) is 4. The van der Waals surface area contributed by atoms with Crippen LogP contribution >= 0.6 is 11.8 Å². The lowest BCUT2D eigenvalue weighted by molar-refractivity contribution is -0.113. The van der Waals surface area contributed by atoms with Crippen molar-refractivity contribution in [3.05, 3.63) is 90.1 Å². The zero-order chi connectivity index (χ0) is 22.1. The standard InChI is InChI=1S/C25H20N4O2S/c1-16-7-10-19(11-8-16)29-14-20(24(28-29)17-5-3-2-4-6-17)25(31)26-18-9-12-22-21(13-18)27-23(30)15-32-22/h2-14H,15H2,1H3,(H,26,31)(H,27,30). The van der Waals surface area contributed by atoms with Gasteiger partial charge in [-0.15, -0.1) is 11.8 Å². The van der Waals surface area contributed by atoms with Gasteiger partial charge in [0.1, 0.15) is 5.69 Å². The number of carbonyl (C=O) groups excluding carboxylic acids is 2. The fourth-order valence-electron chi connectivity index (χ4n) is 3.54. The molecule has 7 heteroatoms. The molecule has 4 aromatic rings. The normalized spacial score (nSPS) is 12.7. The monoisotopic (exact) mass is 440 g/mol. The van der Waals surface area contributed by atoms with Crippen LogP contribution in [-0.2, 0) is 4.79 Å². The van der Waals surface area contributed by atoms with Crippen molar-refractivity contribution in [3.63, 3.8) is 0 Å². The number of carbonyl (C=O) groups is 2. The molecule has 2 heterocycles. The molecule has 0 aliphatic carbocycles. The first-order valence-electron chi connectivity index (χ1n) is 10.2. The lowest BCUT2D eigenvalue weighted by Gasteiger charge is -2.17. The lowest BCUT2D eigenvalue weighted by Crippen LogP contribution is -2.19. The van der Waals surface area contributed by atoms with Gasteiger partial charge in [0, 0.05) is 22.3 Å². The summed E-state index contributed by atoms with van der Waals surface area (Å²) in [4.78, 5) is 26.0. The molecular formula is C25H20N4O2S. The van der Waals surface area contributed by atoms with Crippen molar-refractivity contribution in [2.75, 3.05) is 16.4 Å². The molecular weight excluding hydrogens is 420 g/mol. The Balaban J connectivity index is 1.50. The Morgan fingerprint density at radius 2 is 1.84 bits per heavy atom. The van der Waals surface area contributed by atoms with E-state index < -0.39 is 0 Å². The summed E-state index contributed by atoms with van der Waals surface area (Å²) in [6.45, 7) is 2.03. The fourth-order valence-corrected chi connectivity index (χ4v) is 4.33. The zero-order valence-electron chi connectivity index (χ0n) is 17.3. The zero-order valence-corrected chi connectivity index (χ0v) is 18.1. The quantitative estimate of drug-likeness (QED) is 0.460. The molecule has 0 fully saturated rings. The highest BCUT2D eigenvalue weighted by Gasteiger charge is 2.20. The van der Waals surface area contributed by atoms with Crippen molar-refractivity contribution in [1.82, 2.24) is 9.78 Å². The average molecular weight is 441 g/mol. The van der Waals surface area contributed by atoms with E-state index in [1.165, 1.54) is 11.8 Å². The van der Waals surface area contributed by atoms with Crippen molar-refractivity contribution in [2.24, 2.45) is 0 Å². The molecule has 0 unspecified atom stereocenters. The van der Waals surface area contributed by atoms with Gasteiger partial charge in [0.2, 0.25) is 5.91 Å². The van der Waals surface area contributed by atoms with Gasteiger partial charge in [0.15, 0.2) is 0 Å². The number of anilines is 2. The van der Waals surface area contributed by atoms with Crippen molar-refractivity contribution < 1.29 is 9.59 Å². The van der Waals surface area contributed by atoms with Crippen LogP contribution in [0.3, 0.4) is 0 Å². The van der Waals surface area contributed by atoms with Gasteiger partial charge in [-0.25, -0.2) is 4.68 Å². The molecule has 0 radical (unpaired) electrons. The van der Waals surface area contributed by atoms with Gasteiger partial charge in [0.25, 0.3) is 5.91 Å². The predicted molar refractivity (Wildman–Crippen MR) is 127 cm³/mol. The maximum atomic E-state index is 13.3. The Morgan fingerprint density at radius 3 is 2.62 bits per heavy atom. The number of hydrogen-bond donors (Lipinski definition) is 2. The highest BCUT2D eigenvalue weighted by atomic mass is 32.2. The molecule has 0 saturated heterocycles. The molecule has 0 bridgehead atoms. The second-order valence-electron chi connectivity index (χ2n) is 7.54. The Morgan fingerprint density at radius 1 is 1.06 bits per heavy atom. The van der Waals surface area contributed by atoms with E-state index in [0.717, 1.165) is 21.7 Å². The molecule has 3 aromatic carbocycles. The number of aryl methyl sites for hydroxylation is 1. The molecule has 2 N–H and O–H groups in total. The average Bonchev–Trinajstić information content (AvgIpc) is 3.25. The Bertz CT molecular complexity index is 1310. The minimum absolute atomic E-state index is 0.0447. The van der Waals surface area contributed by atoms with Crippen LogP contribution in [-0.4, -0.2) is 27.3 Å². The number of rotatable bonds is 4. The summed E-state index contributed by atoms with van der Waals surface area (Å²) in [7, 11) is 0. The smallest absolute Gasteiger partial charge is 0.259 e. The third kappa shape index (κ3) is 4.02. The van der Waals surface area contributed by atoms with Crippen LogP contribution in [0.2, 0.25) is 0 Å². The molecule has 0 spiro atoms. The highest BCUT2D eigenvalue weighted by molar-refractivity contribution is 8.00. The summed E-state index contributed by atoms with van der Waals surface area (Å²) in [6.07, 6.45) is 1.75. The van der Waals surface area contributed by atoms with Crippen LogP contribution in [0.15, 0.2) is 83.9 Å². The van der Waals surface area contributed by atoms with E-state index in [2.05, 4.69) is 10.6 Å². The fraction of sp³-hybridized carbons (Fsp3) is 0.0800. The van der Waals surface area contributed by atoms with E-state index in [9.17, 15) is 9.59 Å². The first-order chi connectivity index (χ1) is 15.6. The number of thioether (sulfide) groups is 1. The van der Waals surface area contributed by atoms with Crippen LogP contribution in [0.25, 0.3) is 16.9 Å². The first-order valence-corrected chi connectivity index (χ1v) is 11.2. The minimum atomic E-state index is -0.267. The first kappa shape index (κ1) is 20.1. The van der Waals surface area contributed by atoms with Gasteiger partial charge in [0.05, 0.1) is 22.7 Å². The van der Waals surface area contributed by atoms with E-state index in [-0.39, 0.29) is 11.8 Å². The topological polar surface area (TPSA) is 76.0 Å². The third-order valence-corrected chi connectivity index (χ3v) is 6.25. The largest absolute Gasteiger partial charge is 0.324 e. The summed E-state index contributed by atoms with van der Waals surface area (Å²) in [5.41, 5.74) is 5.28. The Labute approximate surface area is 189 Å². The number of nitrogens with one attached hydrogen (secondary N) is 2. The molecule has 1 aliphatic heterocycles. The Kier molecular flexibility index (Phi) is 5.25. The Hall–Kier alpha value is -3.84. The van der Waals surface area contributed by atoms with Gasteiger partial charge in [-0.1, -0.05) is 48.0 Å². The molecule has 158 valence electrons. The van der Waals surface area contributed by atoms with Crippen molar-refractivity contribution in [2.45, 2.75) is 11.8 Å². The number of aromatic nitrogens is 2. The van der Waals surface area contributed by atoms with Gasteiger partial charge < -0.3 is 10.6 Å². The van der Waals surface area contributed by atoms with Crippen LogP contribution in [0, 0.1) is 6.92 Å². The van der Waals surface area contributed by atoms with Crippen molar-refractivity contribution in [3.8, 4) is 16.9 Å². The number of amides is 2. The summed E-state index contributed by atoms with van der Waals surface area (Å²) in [6, 6.07) is 23.1. The second kappa shape index (κ2) is 8.36. The molecule has 1 aromatic heterocycles. The highest BCUT2D eigenvalue weighted by Crippen LogP contribution is 2.34. The molecule has 1 aliphatic rings. The third-order valence-electron chi connectivity index (χ3n) is 5.17. The molecule has 32 heavy (non-hydrogen) atoms. The van der Waals surface area contributed by atoms with E-state index in [0.29, 0.717) is 28.4 Å². The maximum Gasteiger partial charge on any atom is 0.259 e. The summed E-state index contributed by atoms with van der Waals surface area (Å²) >= 11 is 1.48. The van der Waals surface area contributed by atoms with Gasteiger partial charge >= 0.3 is 0 Å². The number of nitrogens with zero attached hydrogens (tertiary/aromatic N) is 2. The molecule has 0 atom stereocenters. The molecule has 0 saturated carbocycles. The van der Waals surface area contributed by atoms with E-state index >= 15 is 0 Å². The van der Waals surface area contributed by atoms with Crippen LogP contribution < -0.4 is 10.6 Å². The SMILES string of the molecule is Cc1ccc(-n2cc(C(=O)Nc3ccc4c(c3)NC(=O)CS4)c(-c3ccccc3)n2)cc1.